The predicted octanol–water partition coefficient (Wildman–Crippen LogP) is 5.21. The number of aromatic hydroxyl groups is 1. The first-order chi connectivity index (χ1) is 17.2. The summed E-state index contributed by atoms with van der Waals surface area (Å²) >= 11 is 0. The van der Waals surface area contributed by atoms with Crippen LogP contribution in [0.3, 0.4) is 0 Å². The Balaban J connectivity index is 1.39. The van der Waals surface area contributed by atoms with Gasteiger partial charge in [-0.25, -0.2) is 0 Å². The Kier molecular flexibility index (Phi) is 5.39. The van der Waals surface area contributed by atoms with E-state index in [0.717, 1.165) is 27.4 Å². The lowest BCUT2D eigenvalue weighted by molar-refractivity contribution is 0.122. The molecule has 0 unspecified atom stereocenters. The van der Waals surface area contributed by atoms with E-state index >= 15 is 0 Å². The fourth-order valence-electron chi connectivity index (χ4n) is 4.12. The second-order valence-electron chi connectivity index (χ2n) is 8.08. The van der Waals surface area contributed by atoms with Gasteiger partial charge in [0.05, 0.1) is 18.7 Å². The summed E-state index contributed by atoms with van der Waals surface area (Å²) < 4.78 is 5.47. The number of aromatic amines is 1. The van der Waals surface area contributed by atoms with E-state index in [-0.39, 0.29) is 11.8 Å². The molecule has 1 aliphatic rings. The highest BCUT2D eigenvalue weighted by Crippen LogP contribution is 2.36. The zero-order valence-electron chi connectivity index (χ0n) is 18.7. The van der Waals surface area contributed by atoms with Crippen molar-refractivity contribution in [3.63, 3.8) is 0 Å². The van der Waals surface area contributed by atoms with E-state index in [2.05, 4.69) is 47.6 Å². The van der Waals surface area contributed by atoms with Crippen LogP contribution >= 0.6 is 0 Å². The number of aromatic nitrogens is 4. The first kappa shape index (κ1) is 21.0. The molecule has 0 spiro atoms. The number of benzene rings is 3. The summed E-state index contributed by atoms with van der Waals surface area (Å²) in [5, 5.41) is 25.1. The maximum atomic E-state index is 10.3. The minimum absolute atomic E-state index is 0.0634. The Hall–Kier alpha value is -4.57. The first-order valence-corrected chi connectivity index (χ1v) is 11.3. The molecule has 3 heterocycles. The molecular weight excluding hydrogens is 444 g/mol. The van der Waals surface area contributed by atoms with E-state index in [0.29, 0.717) is 43.9 Å². The molecule has 0 bridgehead atoms. The van der Waals surface area contributed by atoms with Gasteiger partial charge in [0.25, 0.3) is 5.95 Å². The monoisotopic (exact) mass is 466 g/mol. The third kappa shape index (κ3) is 4.22. The molecule has 174 valence electrons. The number of fused-ring (bicyclic) bond motifs is 2. The standard InChI is InChI=1S/C25H22N8O2/c34-22-21(18-9-3-4-10-20(18)26-22)31-32-24-28-23(29-25(30-24)33-12-14-35-15-13-33)27-19-11-5-7-16-6-1-2-8-17(16)19/h1-11,26,34H,12-15H2,(H,27,28,29,30). The Morgan fingerprint density at radius 3 is 2.51 bits per heavy atom. The molecule has 1 fully saturated rings. The number of nitrogens with zero attached hydrogens (tertiary/aromatic N) is 6. The van der Waals surface area contributed by atoms with E-state index in [9.17, 15) is 5.11 Å². The van der Waals surface area contributed by atoms with Crippen molar-refractivity contribution in [2.24, 2.45) is 10.2 Å². The van der Waals surface area contributed by atoms with Crippen LogP contribution in [0.4, 0.5) is 29.2 Å². The smallest absolute Gasteiger partial charge is 0.275 e. The Bertz CT molecular complexity index is 1540. The van der Waals surface area contributed by atoms with E-state index in [1.165, 1.54) is 0 Å². The summed E-state index contributed by atoms with van der Waals surface area (Å²) in [6.07, 6.45) is 0. The number of hydrogen-bond donors (Lipinski definition) is 3. The van der Waals surface area contributed by atoms with Crippen molar-refractivity contribution in [1.82, 2.24) is 19.9 Å². The van der Waals surface area contributed by atoms with E-state index in [4.69, 9.17) is 4.74 Å². The highest BCUT2D eigenvalue weighted by atomic mass is 16.5. The Labute approximate surface area is 200 Å². The van der Waals surface area contributed by atoms with Gasteiger partial charge in [0.2, 0.25) is 17.8 Å². The normalized spacial score (nSPS) is 14.2. The summed E-state index contributed by atoms with van der Waals surface area (Å²) in [6, 6.07) is 21.6. The summed E-state index contributed by atoms with van der Waals surface area (Å²) in [5.41, 5.74) is 1.97. The van der Waals surface area contributed by atoms with Crippen molar-refractivity contribution in [1.29, 1.82) is 0 Å². The number of morpholine rings is 1. The number of anilines is 3. The lowest BCUT2D eigenvalue weighted by atomic mass is 10.1. The van der Waals surface area contributed by atoms with Gasteiger partial charge in [0.1, 0.15) is 0 Å². The highest BCUT2D eigenvalue weighted by Gasteiger charge is 2.18. The van der Waals surface area contributed by atoms with Crippen LogP contribution < -0.4 is 10.2 Å². The molecule has 10 heteroatoms. The maximum Gasteiger partial charge on any atom is 0.275 e. The number of H-pyrrole nitrogens is 1. The fraction of sp³-hybridized carbons (Fsp3) is 0.160. The zero-order valence-corrected chi connectivity index (χ0v) is 18.7. The quantitative estimate of drug-likeness (QED) is 0.304. The molecule has 3 aromatic carbocycles. The molecule has 1 saturated heterocycles. The number of para-hydroxylation sites is 1. The Morgan fingerprint density at radius 2 is 1.63 bits per heavy atom. The van der Waals surface area contributed by atoms with Gasteiger partial charge in [-0.05, 0) is 17.5 Å². The first-order valence-electron chi connectivity index (χ1n) is 11.3. The van der Waals surface area contributed by atoms with E-state index < -0.39 is 0 Å². The Morgan fingerprint density at radius 1 is 0.857 bits per heavy atom. The molecule has 0 saturated carbocycles. The van der Waals surface area contributed by atoms with Crippen LogP contribution in [-0.2, 0) is 4.74 Å². The van der Waals surface area contributed by atoms with Gasteiger partial charge >= 0.3 is 0 Å². The topological polar surface area (TPSA) is 124 Å². The average Bonchev–Trinajstić information content (AvgIpc) is 3.23. The second-order valence-corrected chi connectivity index (χ2v) is 8.08. The van der Waals surface area contributed by atoms with Gasteiger partial charge in [-0.1, -0.05) is 54.6 Å². The van der Waals surface area contributed by atoms with Gasteiger partial charge in [0, 0.05) is 29.5 Å². The van der Waals surface area contributed by atoms with Crippen LogP contribution in [0, 0.1) is 0 Å². The fourth-order valence-corrected chi connectivity index (χ4v) is 4.12. The molecule has 3 N–H and O–H groups in total. The highest BCUT2D eigenvalue weighted by molar-refractivity contribution is 5.95. The van der Waals surface area contributed by atoms with Crippen molar-refractivity contribution < 1.29 is 9.84 Å². The average molecular weight is 467 g/mol. The molecule has 2 aromatic heterocycles. The van der Waals surface area contributed by atoms with Crippen LogP contribution in [-0.4, -0.2) is 51.3 Å². The predicted molar refractivity (Wildman–Crippen MR) is 134 cm³/mol. The number of nitrogens with one attached hydrogen (secondary N) is 2. The molecule has 6 rings (SSSR count). The minimum Gasteiger partial charge on any atom is -0.493 e. The van der Waals surface area contributed by atoms with Crippen LogP contribution in [0.15, 0.2) is 77.0 Å². The van der Waals surface area contributed by atoms with Crippen LogP contribution in [0.2, 0.25) is 0 Å². The van der Waals surface area contributed by atoms with Crippen molar-refractivity contribution in [2.45, 2.75) is 0 Å². The van der Waals surface area contributed by atoms with Gasteiger partial charge in [-0.2, -0.15) is 15.0 Å². The summed E-state index contributed by atoms with van der Waals surface area (Å²) in [7, 11) is 0. The van der Waals surface area contributed by atoms with Gasteiger partial charge < -0.3 is 25.0 Å². The third-order valence-electron chi connectivity index (χ3n) is 5.84. The van der Waals surface area contributed by atoms with Crippen LogP contribution in [0.25, 0.3) is 21.7 Å². The molecule has 10 nitrogen and oxygen atoms in total. The van der Waals surface area contributed by atoms with Crippen molar-refractivity contribution in [3.8, 4) is 5.88 Å². The summed E-state index contributed by atoms with van der Waals surface area (Å²) in [5.74, 6) is 0.915. The lowest BCUT2D eigenvalue weighted by Crippen LogP contribution is -2.37. The SMILES string of the molecule is Oc1[nH]c2ccccc2c1N=Nc1nc(Nc2cccc3ccccc23)nc(N2CCOCC2)n1. The van der Waals surface area contributed by atoms with Gasteiger partial charge in [-0.15, -0.1) is 10.2 Å². The molecule has 0 atom stereocenters. The molecule has 35 heavy (non-hydrogen) atoms. The van der Waals surface area contributed by atoms with Crippen LogP contribution in [0.1, 0.15) is 0 Å². The third-order valence-corrected chi connectivity index (χ3v) is 5.84. The van der Waals surface area contributed by atoms with E-state index in [1.807, 2.05) is 59.5 Å². The summed E-state index contributed by atoms with van der Waals surface area (Å²) in [4.78, 5) is 18.6. The van der Waals surface area contributed by atoms with Crippen molar-refractivity contribution in [3.05, 3.63) is 66.7 Å². The van der Waals surface area contributed by atoms with E-state index in [1.54, 1.807) is 0 Å². The molecule has 0 amide bonds. The summed E-state index contributed by atoms with van der Waals surface area (Å²) in [6.45, 7) is 2.52. The minimum atomic E-state index is -0.0634. The van der Waals surface area contributed by atoms with Gasteiger partial charge in [-0.3, -0.25) is 0 Å². The molecule has 1 aliphatic heterocycles. The second kappa shape index (κ2) is 8.99. The number of azo groups is 1. The molecular formula is C25H22N8O2. The van der Waals surface area contributed by atoms with Gasteiger partial charge in [0.15, 0.2) is 5.69 Å². The van der Waals surface area contributed by atoms with Crippen molar-refractivity contribution >= 4 is 50.9 Å². The number of rotatable bonds is 5. The molecule has 5 aromatic rings. The van der Waals surface area contributed by atoms with Crippen LogP contribution in [0.5, 0.6) is 5.88 Å². The molecule has 0 aliphatic carbocycles. The maximum absolute atomic E-state index is 10.3. The molecule has 0 radical (unpaired) electrons. The number of ether oxygens (including phenoxy) is 1. The van der Waals surface area contributed by atoms with Crippen molar-refractivity contribution in [2.75, 3.05) is 36.5 Å². The largest absolute Gasteiger partial charge is 0.493 e. The zero-order chi connectivity index (χ0) is 23.6. The number of hydrogen-bond acceptors (Lipinski definition) is 9. The lowest BCUT2D eigenvalue weighted by Gasteiger charge is -2.26.